The number of nitrogens with one attached hydrogen (secondary N) is 1. The summed E-state index contributed by atoms with van der Waals surface area (Å²) >= 11 is 6.16. The number of carboxylic acid groups (broad SMARTS) is 1. The molecule has 1 heterocycles. The standard InChI is InChI=1S/C16H17ClN2O5/c1-3-9(2)24-13-5-4-10(6-11(13)17)7-12-15(22)19(8-14(20)21)16(23)18-12/h4-7,9H,3,8H2,1-2H3,(H,18,23)(H,20,21)/b12-7+/t9-/m0/s1. The lowest BCUT2D eigenvalue weighted by atomic mass is 10.1. The second kappa shape index (κ2) is 7.35. The highest BCUT2D eigenvalue weighted by Gasteiger charge is 2.34. The van der Waals surface area contributed by atoms with Gasteiger partial charge in [0.15, 0.2) is 0 Å². The Hall–Kier alpha value is -2.54. The lowest BCUT2D eigenvalue weighted by Crippen LogP contribution is -2.35. The predicted octanol–water partition coefficient (Wildman–Crippen LogP) is 2.49. The van der Waals surface area contributed by atoms with Crippen molar-refractivity contribution in [3.63, 3.8) is 0 Å². The fourth-order valence-corrected chi connectivity index (χ4v) is 2.25. The summed E-state index contributed by atoms with van der Waals surface area (Å²) in [6.45, 7) is 3.23. The van der Waals surface area contributed by atoms with E-state index < -0.39 is 24.5 Å². The molecule has 0 radical (unpaired) electrons. The molecule has 1 aliphatic rings. The van der Waals surface area contributed by atoms with Crippen molar-refractivity contribution in [2.45, 2.75) is 26.4 Å². The largest absolute Gasteiger partial charge is 0.489 e. The number of aliphatic carboxylic acids is 1. The molecule has 0 aromatic heterocycles. The van der Waals surface area contributed by atoms with Crippen molar-refractivity contribution in [1.82, 2.24) is 10.2 Å². The van der Waals surface area contributed by atoms with Gasteiger partial charge in [-0.15, -0.1) is 0 Å². The molecule has 2 N–H and O–H groups in total. The maximum atomic E-state index is 12.0. The van der Waals surface area contributed by atoms with Crippen LogP contribution >= 0.6 is 11.6 Å². The van der Waals surface area contributed by atoms with Gasteiger partial charge in [-0.2, -0.15) is 0 Å². The highest BCUT2D eigenvalue weighted by molar-refractivity contribution is 6.32. The first-order chi connectivity index (χ1) is 11.3. The van der Waals surface area contributed by atoms with Crippen molar-refractivity contribution < 1.29 is 24.2 Å². The Morgan fingerprint density at radius 3 is 2.75 bits per heavy atom. The van der Waals surface area contributed by atoms with Crippen LogP contribution in [-0.2, 0) is 9.59 Å². The Balaban J connectivity index is 2.19. The van der Waals surface area contributed by atoms with E-state index in [1.165, 1.54) is 6.08 Å². The van der Waals surface area contributed by atoms with Crippen LogP contribution in [0.25, 0.3) is 6.08 Å². The molecule has 24 heavy (non-hydrogen) atoms. The molecular weight excluding hydrogens is 336 g/mol. The number of hydrogen-bond donors (Lipinski definition) is 2. The Kier molecular flexibility index (Phi) is 5.46. The Labute approximate surface area is 143 Å². The van der Waals surface area contributed by atoms with Gasteiger partial charge in [0.2, 0.25) is 0 Å². The topological polar surface area (TPSA) is 95.9 Å². The van der Waals surface area contributed by atoms with Gasteiger partial charge >= 0.3 is 12.0 Å². The number of imide groups is 1. The van der Waals surface area contributed by atoms with Crippen molar-refractivity contribution in [3.05, 3.63) is 34.5 Å². The first-order valence-corrected chi connectivity index (χ1v) is 7.72. The first kappa shape index (κ1) is 17.8. The van der Waals surface area contributed by atoms with E-state index in [9.17, 15) is 14.4 Å². The monoisotopic (exact) mass is 352 g/mol. The molecule has 3 amide bonds. The zero-order chi connectivity index (χ0) is 17.9. The number of halogens is 1. The minimum atomic E-state index is -1.27. The number of ether oxygens (including phenoxy) is 1. The van der Waals surface area contributed by atoms with Gasteiger partial charge in [-0.25, -0.2) is 9.69 Å². The van der Waals surface area contributed by atoms with Crippen LogP contribution in [0.15, 0.2) is 23.9 Å². The molecule has 1 aromatic carbocycles. The zero-order valence-electron chi connectivity index (χ0n) is 13.2. The third-order valence-electron chi connectivity index (χ3n) is 3.43. The second-order valence-corrected chi connectivity index (χ2v) is 5.71. The van der Waals surface area contributed by atoms with E-state index >= 15 is 0 Å². The summed E-state index contributed by atoms with van der Waals surface area (Å²) in [4.78, 5) is 35.0. The maximum Gasteiger partial charge on any atom is 0.329 e. The predicted molar refractivity (Wildman–Crippen MR) is 87.7 cm³/mol. The first-order valence-electron chi connectivity index (χ1n) is 7.34. The van der Waals surface area contributed by atoms with Crippen molar-refractivity contribution >= 4 is 35.6 Å². The molecule has 0 bridgehead atoms. The molecule has 0 spiro atoms. The van der Waals surface area contributed by atoms with Crippen LogP contribution in [0.3, 0.4) is 0 Å². The number of nitrogens with zero attached hydrogens (tertiary/aromatic N) is 1. The van der Waals surface area contributed by atoms with E-state index in [2.05, 4.69) is 5.32 Å². The molecule has 8 heteroatoms. The number of carboxylic acids is 1. The number of amides is 3. The maximum absolute atomic E-state index is 12.0. The Morgan fingerprint density at radius 1 is 1.46 bits per heavy atom. The summed E-state index contributed by atoms with van der Waals surface area (Å²) in [6, 6.07) is 4.20. The SMILES string of the molecule is CC[C@H](C)Oc1ccc(/C=C2/NC(=O)N(CC(=O)O)C2=O)cc1Cl. The van der Waals surface area contributed by atoms with E-state index in [0.29, 0.717) is 21.2 Å². The van der Waals surface area contributed by atoms with Gasteiger partial charge in [0.25, 0.3) is 5.91 Å². The highest BCUT2D eigenvalue weighted by Crippen LogP contribution is 2.28. The van der Waals surface area contributed by atoms with E-state index in [0.717, 1.165) is 6.42 Å². The van der Waals surface area contributed by atoms with Crippen molar-refractivity contribution in [1.29, 1.82) is 0 Å². The van der Waals surface area contributed by atoms with Crippen LogP contribution in [0.1, 0.15) is 25.8 Å². The van der Waals surface area contributed by atoms with Crippen LogP contribution in [0.5, 0.6) is 5.75 Å². The lowest BCUT2D eigenvalue weighted by molar-refractivity contribution is -0.140. The minimum absolute atomic E-state index is 0.00656. The summed E-state index contributed by atoms with van der Waals surface area (Å²) in [5.74, 6) is -1.43. The molecule has 0 unspecified atom stereocenters. The van der Waals surface area contributed by atoms with E-state index in [1.807, 2.05) is 13.8 Å². The fraction of sp³-hybridized carbons (Fsp3) is 0.312. The van der Waals surface area contributed by atoms with Gasteiger partial charge in [0.1, 0.15) is 18.0 Å². The quantitative estimate of drug-likeness (QED) is 0.605. The highest BCUT2D eigenvalue weighted by atomic mass is 35.5. The summed E-state index contributed by atoms with van der Waals surface area (Å²) < 4.78 is 5.66. The Morgan fingerprint density at radius 2 is 2.17 bits per heavy atom. The second-order valence-electron chi connectivity index (χ2n) is 5.30. The average Bonchev–Trinajstić information content (AvgIpc) is 2.77. The van der Waals surface area contributed by atoms with Crippen molar-refractivity contribution in [3.8, 4) is 5.75 Å². The van der Waals surface area contributed by atoms with E-state index in [-0.39, 0.29) is 11.8 Å². The van der Waals surface area contributed by atoms with Crippen molar-refractivity contribution in [2.75, 3.05) is 6.54 Å². The average molecular weight is 353 g/mol. The van der Waals surface area contributed by atoms with Gasteiger partial charge < -0.3 is 15.2 Å². The molecule has 0 saturated carbocycles. The zero-order valence-corrected chi connectivity index (χ0v) is 14.0. The number of urea groups is 1. The number of benzene rings is 1. The molecule has 1 aliphatic heterocycles. The van der Waals surface area contributed by atoms with Crippen molar-refractivity contribution in [2.24, 2.45) is 0 Å². The number of carbonyl (C=O) groups excluding carboxylic acids is 2. The minimum Gasteiger partial charge on any atom is -0.489 e. The molecule has 128 valence electrons. The van der Waals surface area contributed by atoms with Crippen LogP contribution < -0.4 is 10.1 Å². The van der Waals surface area contributed by atoms with Gasteiger partial charge in [-0.05, 0) is 37.1 Å². The van der Waals surface area contributed by atoms with Gasteiger partial charge in [-0.3, -0.25) is 9.59 Å². The molecule has 1 aromatic rings. The third-order valence-corrected chi connectivity index (χ3v) is 3.72. The third kappa shape index (κ3) is 4.05. The van der Waals surface area contributed by atoms with Crippen LogP contribution in [0.4, 0.5) is 4.79 Å². The molecule has 0 aliphatic carbocycles. The van der Waals surface area contributed by atoms with E-state index in [4.69, 9.17) is 21.4 Å². The van der Waals surface area contributed by atoms with Crippen LogP contribution in [0.2, 0.25) is 5.02 Å². The normalized spacial score (nSPS) is 17.1. The smallest absolute Gasteiger partial charge is 0.329 e. The van der Waals surface area contributed by atoms with Gasteiger partial charge in [0.05, 0.1) is 11.1 Å². The molecule has 1 atom stereocenters. The molecule has 1 fully saturated rings. The molecule has 2 rings (SSSR count). The lowest BCUT2D eigenvalue weighted by Gasteiger charge is -2.14. The summed E-state index contributed by atoms with van der Waals surface area (Å²) in [7, 11) is 0. The molecule has 7 nitrogen and oxygen atoms in total. The summed E-state index contributed by atoms with van der Waals surface area (Å²) in [6.07, 6.45) is 2.29. The van der Waals surface area contributed by atoms with Gasteiger partial charge in [-0.1, -0.05) is 24.6 Å². The Bertz CT molecular complexity index is 716. The van der Waals surface area contributed by atoms with Gasteiger partial charge in [0, 0.05) is 0 Å². The number of rotatable bonds is 6. The fourth-order valence-electron chi connectivity index (χ4n) is 2.02. The number of hydrogen-bond acceptors (Lipinski definition) is 4. The van der Waals surface area contributed by atoms with Crippen LogP contribution in [0, 0.1) is 0 Å². The summed E-state index contributed by atoms with van der Waals surface area (Å²) in [5, 5.41) is 11.4. The molecular formula is C16H17ClN2O5. The van der Waals surface area contributed by atoms with Crippen LogP contribution in [-0.4, -0.2) is 40.6 Å². The summed E-state index contributed by atoms with van der Waals surface area (Å²) in [5.41, 5.74) is 0.574. The van der Waals surface area contributed by atoms with E-state index in [1.54, 1.807) is 18.2 Å². The number of carbonyl (C=O) groups is 3. The molecule has 1 saturated heterocycles.